The Morgan fingerprint density at radius 2 is 1.76 bits per heavy atom. The maximum Gasteiger partial charge on any atom is 0.329 e. The summed E-state index contributed by atoms with van der Waals surface area (Å²) in [5, 5.41) is 12.1. The van der Waals surface area contributed by atoms with E-state index in [4.69, 9.17) is 5.10 Å². The topological polar surface area (TPSA) is 94.5 Å². The Balaban J connectivity index is 1.57. The maximum atomic E-state index is 11.8. The molecule has 1 saturated heterocycles. The predicted octanol–water partition coefficient (Wildman–Crippen LogP) is 1.98. The normalized spacial score (nSPS) is 16.0. The molecule has 2 aliphatic rings. The molecule has 1 fully saturated rings. The highest BCUT2D eigenvalue weighted by atomic mass is 16.2. The van der Waals surface area contributed by atoms with Crippen molar-refractivity contribution in [2.75, 3.05) is 29.9 Å². The molecule has 29 heavy (non-hydrogen) atoms. The average molecular weight is 397 g/mol. The molecule has 0 atom stereocenters. The number of hydrogen-bond donors (Lipinski definition) is 3. The van der Waals surface area contributed by atoms with E-state index in [1.54, 1.807) is 9.69 Å². The molecule has 0 bridgehead atoms. The Bertz CT molecular complexity index is 900. The molecule has 9 nitrogen and oxygen atoms in total. The molecule has 0 saturated carbocycles. The second-order valence-corrected chi connectivity index (χ2v) is 7.40. The molecule has 1 aromatic heterocycles. The van der Waals surface area contributed by atoms with E-state index in [2.05, 4.69) is 33.1 Å². The molecule has 3 N–H and O–H groups in total. The molecule has 3 heterocycles. The first-order valence-electron chi connectivity index (χ1n) is 10.1. The third-order valence-corrected chi connectivity index (χ3v) is 5.21. The first kappa shape index (κ1) is 19.3. The lowest BCUT2D eigenvalue weighted by Gasteiger charge is -2.19. The Kier molecular flexibility index (Phi) is 5.39. The molecular weight excluding hydrogens is 370 g/mol. The molecule has 2 aromatic rings. The van der Waals surface area contributed by atoms with Gasteiger partial charge in [0.25, 0.3) is 0 Å². The molecular formula is C20H27N7O2. The lowest BCUT2D eigenvalue weighted by molar-refractivity contribution is -0.114. The maximum absolute atomic E-state index is 11.8. The van der Waals surface area contributed by atoms with Crippen LogP contribution in [0, 0.1) is 0 Å². The van der Waals surface area contributed by atoms with Gasteiger partial charge in [-0.3, -0.25) is 10.2 Å². The van der Waals surface area contributed by atoms with Crippen molar-refractivity contribution < 1.29 is 9.59 Å². The predicted molar refractivity (Wildman–Crippen MR) is 111 cm³/mol. The van der Waals surface area contributed by atoms with Crippen molar-refractivity contribution in [3.8, 4) is 5.69 Å². The molecule has 1 aromatic carbocycles. The minimum Gasteiger partial charge on any atom is -0.372 e. The second-order valence-electron chi connectivity index (χ2n) is 7.40. The van der Waals surface area contributed by atoms with Crippen molar-refractivity contribution >= 4 is 23.4 Å². The van der Waals surface area contributed by atoms with Crippen molar-refractivity contribution in [2.45, 2.75) is 39.8 Å². The lowest BCUT2D eigenvalue weighted by atomic mass is 10.2. The van der Waals surface area contributed by atoms with Crippen LogP contribution in [-0.4, -0.2) is 46.4 Å². The monoisotopic (exact) mass is 397 g/mol. The second kappa shape index (κ2) is 8.12. The van der Waals surface area contributed by atoms with Crippen LogP contribution < -0.4 is 21.0 Å². The van der Waals surface area contributed by atoms with E-state index in [0.717, 1.165) is 30.0 Å². The van der Waals surface area contributed by atoms with Crippen LogP contribution in [-0.2, 0) is 17.9 Å². The van der Waals surface area contributed by atoms with Crippen molar-refractivity contribution in [1.29, 1.82) is 0 Å². The number of aromatic nitrogens is 2. The van der Waals surface area contributed by atoms with E-state index >= 15 is 0 Å². The zero-order valence-corrected chi connectivity index (χ0v) is 16.9. The van der Waals surface area contributed by atoms with Crippen LogP contribution in [0.2, 0.25) is 0 Å². The van der Waals surface area contributed by atoms with Crippen molar-refractivity contribution in [3.63, 3.8) is 0 Å². The number of fused-ring (bicyclic) bond motifs is 1. The zero-order chi connectivity index (χ0) is 20.4. The number of nitrogens with one attached hydrogen (secondary N) is 3. The summed E-state index contributed by atoms with van der Waals surface area (Å²) in [6, 6.07) is 8.03. The van der Waals surface area contributed by atoms with Gasteiger partial charge in [-0.1, -0.05) is 0 Å². The summed E-state index contributed by atoms with van der Waals surface area (Å²) in [5.74, 6) is 0.499. The molecule has 0 unspecified atom stereocenters. The summed E-state index contributed by atoms with van der Waals surface area (Å²) < 4.78 is 1.78. The third kappa shape index (κ3) is 4.04. The van der Waals surface area contributed by atoms with Crippen LogP contribution in [0.15, 0.2) is 24.3 Å². The molecule has 2 aliphatic heterocycles. The van der Waals surface area contributed by atoms with E-state index in [1.807, 2.05) is 19.1 Å². The number of anilines is 2. The molecule has 0 aliphatic carbocycles. The quantitative estimate of drug-likeness (QED) is 0.717. The molecule has 0 radical (unpaired) electrons. The third-order valence-electron chi connectivity index (χ3n) is 5.21. The molecule has 3 amide bonds. The summed E-state index contributed by atoms with van der Waals surface area (Å²) >= 11 is 0. The summed E-state index contributed by atoms with van der Waals surface area (Å²) in [6.07, 6.45) is 2.47. The lowest BCUT2D eigenvalue weighted by Crippen LogP contribution is -2.44. The molecule has 0 spiro atoms. The smallest absolute Gasteiger partial charge is 0.329 e. The minimum absolute atomic E-state index is 0.155. The average Bonchev–Trinajstić information content (AvgIpc) is 3.40. The highest BCUT2D eigenvalue weighted by molar-refractivity contribution is 5.89. The number of amides is 3. The van der Waals surface area contributed by atoms with Gasteiger partial charge in [-0.25, -0.2) is 14.5 Å². The molecule has 9 heteroatoms. The van der Waals surface area contributed by atoms with Gasteiger partial charge in [0.1, 0.15) is 5.82 Å². The van der Waals surface area contributed by atoms with Crippen molar-refractivity contribution in [3.05, 3.63) is 35.5 Å². The van der Waals surface area contributed by atoms with Gasteiger partial charge in [0.05, 0.1) is 17.9 Å². The number of urea groups is 1. The highest BCUT2D eigenvalue weighted by Crippen LogP contribution is 2.31. The number of carbonyl (C=O) groups excluding carboxylic acids is 2. The standard InChI is InChI=1S/C20H27N7O2/c1-3-21-20(29)24-26-12-17-18(13-26)23-27(19(17)22-14(2)28)16-8-6-15(7-9-16)25-10-4-5-11-25/h6-9H,3-5,10-13H2,1-2H3,(H,22,28)(H2,21,24,29). The van der Waals surface area contributed by atoms with Gasteiger partial charge in [-0.15, -0.1) is 0 Å². The first-order valence-corrected chi connectivity index (χ1v) is 10.1. The van der Waals surface area contributed by atoms with E-state index in [9.17, 15) is 9.59 Å². The largest absolute Gasteiger partial charge is 0.372 e. The number of carbonyl (C=O) groups is 2. The Labute approximate surface area is 170 Å². The molecule has 154 valence electrons. The number of hydrogen-bond acceptors (Lipinski definition) is 5. The van der Waals surface area contributed by atoms with Crippen molar-refractivity contribution in [2.24, 2.45) is 0 Å². The number of benzene rings is 1. The highest BCUT2D eigenvalue weighted by Gasteiger charge is 2.29. The van der Waals surface area contributed by atoms with E-state index < -0.39 is 0 Å². The summed E-state index contributed by atoms with van der Waals surface area (Å²) in [5.41, 5.74) is 6.68. The summed E-state index contributed by atoms with van der Waals surface area (Å²) in [4.78, 5) is 26.0. The van der Waals surface area contributed by atoms with Gasteiger partial charge in [-0.05, 0) is 44.0 Å². The Hall–Kier alpha value is -3.07. The van der Waals surface area contributed by atoms with Gasteiger partial charge >= 0.3 is 6.03 Å². The SMILES string of the molecule is CCNC(=O)NN1Cc2nn(-c3ccc(N4CCCC4)cc3)c(NC(C)=O)c2C1. The number of rotatable bonds is 5. The number of nitrogens with zero attached hydrogens (tertiary/aromatic N) is 4. The Morgan fingerprint density at radius 1 is 1.07 bits per heavy atom. The number of hydrazine groups is 1. The minimum atomic E-state index is -0.246. The van der Waals surface area contributed by atoms with Crippen LogP contribution in [0.4, 0.5) is 16.3 Å². The van der Waals surface area contributed by atoms with Gasteiger partial charge in [0, 0.05) is 44.4 Å². The van der Waals surface area contributed by atoms with Crippen LogP contribution in [0.3, 0.4) is 0 Å². The van der Waals surface area contributed by atoms with Crippen LogP contribution in [0.25, 0.3) is 5.69 Å². The van der Waals surface area contributed by atoms with Gasteiger partial charge in [0.2, 0.25) is 5.91 Å². The summed E-state index contributed by atoms with van der Waals surface area (Å²) in [7, 11) is 0. The van der Waals surface area contributed by atoms with Crippen LogP contribution in [0.5, 0.6) is 0 Å². The zero-order valence-electron chi connectivity index (χ0n) is 16.9. The van der Waals surface area contributed by atoms with Crippen LogP contribution >= 0.6 is 0 Å². The van der Waals surface area contributed by atoms with Gasteiger partial charge in [-0.2, -0.15) is 5.10 Å². The molecule has 4 rings (SSSR count). The summed E-state index contributed by atoms with van der Waals surface area (Å²) in [6.45, 7) is 7.07. The van der Waals surface area contributed by atoms with Gasteiger partial charge < -0.3 is 15.5 Å². The Morgan fingerprint density at radius 3 is 2.41 bits per heavy atom. The fourth-order valence-corrected chi connectivity index (χ4v) is 3.90. The van der Waals surface area contributed by atoms with Crippen LogP contribution in [0.1, 0.15) is 37.9 Å². The van der Waals surface area contributed by atoms with Gasteiger partial charge in [0.15, 0.2) is 0 Å². The van der Waals surface area contributed by atoms with E-state index in [-0.39, 0.29) is 11.9 Å². The fourth-order valence-electron chi connectivity index (χ4n) is 3.90. The van der Waals surface area contributed by atoms with Crippen molar-refractivity contribution in [1.82, 2.24) is 25.5 Å². The fraction of sp³-hybridized carbons (Fsp3) is 0.450. The van der Waals surface area contributed by atoms with E-state index in [0.29, 0.717) is 25.5 Å². The first-order chi connectivity index (χ1) is 14.0. The van der Waals surface area contributed by atoms with E-state index in [1.165, 1.54) is 25.5 Å².